The molecular formula is C9H7N3O2. The summed E-state index contributed by atoms with van der Waals surface area (Å²) < 4.78 is 4.38. The van der Waals surface area contributed by atoms with Gasteiger partial charge in [0.05, 0.1) is 5.69 Å². The summed E-state index contributed by atoms with van der Waals surface area (Å²) in [5, 5.41) is 3.55. The molecule has 1 N–H and O–H groups in total. The molecule has 0 unspecified atom stereocenters. The molecule has 0 aliphatic heterocycles. The lowest BCUT2D eigenvalue weighted by molar-refractivity contribution is 0.388. The van der Waals surface area contributed by atoms with Crippen LogP contribution in [0.1, 0.15) is 0 Å². The van der Waals surface area contributed by atoms with E-state index in [4.69, 9.17) is 0 Å². The summed E-state index contributed by atoms with van der Waals surface area (Å²) in [6, 6.07) is 7.10. The maximum atomic E-state index is 10.7. The topological polar surface area (TPSA) is 71.2 Å². The summed E-state index contributed by atoms with van der Waals surface area (Å²) in [6.45, 7) is 3.40. The van der Waals surface area contributed by atoms with Crippen LogP contribution < -0.4 is 5.76 Å². The Morgan fingerprint density at radius 3 is 2.57 bits per heavy atom. The zero-order valence-electron chi connectivity index (χ0n) is 7.23. The monoisotopic (exact) mass is 189 g/mol. The molecule has 5 heteroatoms. The molecule has 0 saturated heterocycles. The molecule has 1 heterocycles. The van der Waals surface area contributed by atoms with Crippen LogP contribution in [0.15, 0.2) is 38.6 Å². The van der Waals surface area contributed by atoms with Gasteiger partial charge in [0.25, 0.3) is 0 Å². The Morgan fingerprint density at radius 2 is 2.07 bits per heavy atom. The number of benzene rings is 1. The Bertz CT molecular complexity index is 495. The Labute approximate surface area is 79.1 Å². The molecule has 14 heavy (non-hydrogen) atoms. The molecule has 2 aromatic rings. The van der Waals surface area contributed by atoms with Crippen molar-refractivity contribution in [1.82, 2.24) is 10.1 Å². The number of H-pyrrole nitrogens is 1. The maximum absolute atomic E-state index is 10.7. The molecule has 0 aliphatic rings. The van der Waals surface area contributed by atoms with Gasteiger partial charge in [-0.3, -0.25) is 14.5 Å². The van der Waals surface area contributed by atoms with E-state index in [1.54, 1.807) is 24.3 Å². The first-order valence-electron chi connectivity index (χ1n) is 3.93. The van der Waals surface area contributed by atoms with Crippen molar-refractivity contribution in [3.05, 3.63) is 34.8 Å². The molecule has 0 saturated carbocycles. The van der Waals surface area contributed by atoms with E-state index in [1.165, 1.54) is 0 Å². The predicted octanol–water partition coefficient (Wildman–Crippen LogP) is 1.36. The van der Waals surface area contributed by atoms with Crippen molar-refractivity contribution in [2.24, 2.45) is 4.99 Å². The molecule has 5 nitrogen and oxygen atoms in total. The Kier molecular flexibility index (Phi) is 1.98. The molecule has 0 aliphatic carbocycles. The second-order valence-electron chi connectivity index (χ2n) is 2.65. The fourth-order valence-corrected chi connectivity index (χ4v) is 1.08. The number of aromatic amines is 1. The number of nitrogens with one attached hydrogen (secondary N) is 1. The number of aromatic nitrogens is 2. The normalized spacial score (nSPS) is 10.0. The van der Waals surface area contributed by atoms with E-state index in [1.807, 2.05) is 0 Å². The van der Waals surface area contributed by atoms with Crippen molar-refractivity contribution in [3.8, 4) is 11.4 Å². The molecule has 0 amide bonds. The minimum atomic E-state index is -0.564. The van der Waals surface area contributed by atoms with Gasteiger partial charge in [-0.2, -0.15) is 0 Å². The largest absolute Gasteiger partial charge is 0.439 e. The first-order valence-corrected chi connectivity index (χ1v) is 3.93. The first kappa shape index (κ1) is 8.43. The van der Waals surface area contributed by atoms with Gasteiger partial charge >= 0.3 is 5.76 Å². The zero-order valence-corrected chi connectivity index (χ0v) is 7.23. The van der Waals surface area contributed by atoms with Crippen molar-refractivity contribution in [3.63, 3.8) is 0 Å². The number of hydrogen-bond acceptors (Lipinski definition) is 4. The van der Waals surface area contributed by atoms with Gasteiger partial charge < -0.3 is 0 Å². The lowest BCUT2D eigenvalue weighted by Crippen LogP contribution is -1.94. The van der Waals surface area contributed by atoms with Crippen molar-refractivity contribution in [2.75, 3.05) is 0 Å². The Hall–Kier alpha value is -2.17. The highest BCUT2D eigenvalue weighted by Gasteiger charge is 2.02. The van der Waals surface area contributed by atoms with Crippen molar-refractivity contribution in [1.29, 1.82) is 0 Å². The Balaban J connectivity index is 2.42. The van der Waals surface area contributed by atoms with Gasteiger partial charge in [-0.05, 0) is 31.0 Å². The number of rotatable bonds is 2. The van der Waals surface area contributed by atoms with E-state index in [0.29, 0.717) is 5.82 Å². The SMILES string of the molecule is C=Nc1ccc(-c2noc(=O)[nH]2)cc1. The van der Waals surface area contributed by atoms with Crippen molar-refractivity contribution in [2.45, 2.75) is 0 Å². The third kappa shape index (κ3) is 1.47. The van der Waals surface area contributed by atoms with Gasteiger partial charge in [-0.25, -0.2) is 4.79 Å². The lowest BCUT2D eigenvalue weighted by atomic mass is 10.2. The summed E-state index contributed by atoms with van der Waals surface area (Å²) in [5.74, 6) is -0.156. The smallest absolute Gasteiger partial charge is 0.296 e. The number of aliphatic imine (C=N–C) groups is 1. The van der Waals surface area contributed by atoms with Crippen LogP contribution in [0.2, 0.25) is 0 Å². The minimum absolute atomic E-state index is 0.408. The molecule has 0 atom stereocenters. The fourth-order valence-electron chi connectivity index (χ4n) is 1.08. The molecule has 0 fully saturated rings. The number of nitrogens with zero attached hydrogens (tertiary/aromatic N) is 2. The highest BCUT2D eigenvalue weighted by atomic mass is 16.5. The first-order chi connectivity index (χ1) is 6.79. The van der Waals surface area contributed by atoms with Gasteiger partial charge in [0, 0.05) is 5.56 Å². The van der Waals surface area contributed by atoms with Crippen LogP contribution in [0.5, 0.6) is 0 Å². The Morgan fingerprint density at radius 1 is 1.36 bits per heavy atom. The van der Waals surface area contributed by atoms with Crippen LogP contribution in [-0.4, -0.2) is 16.9 Å². The second kappa shape index (κ2) is 3.29. The zero-order chi connectivity index (χ0) is 9.97. The van der Waals surface area contributed by atoms with Crippen LogP contribution in [0, 0.1) is 0 Å². The molecule has 0 radical (unpaired) electrons. The highest BCUT2D eigenvalue weighted by Crippen LogP contribution is 2.17. The molecular weight excluding hydrogens is 182 g/mol. The van der Waals surface area contributed by atoms with E-state index in [9.17, 15) is 4.79 Å². The van der Waals surface area contributed by atoms with Crippen molar-refractivity contribution >= 4 is 12.4 Å². The third-order valence-electron chi connectivity index (χ3n) is 1.76. The van der Waals surface area contributed by atoms with Gasteiger partial charge in [-0.15, -0.1) is 0 Å². The molecule has 2 rings (SSSR count). The van der Waals surface area contributed by atoms with Gasteiger partial charge in [-0.1, -0.05) is 5.16 Å². The third-order valence-corrected chi connectivity index (χ3v) is 1.76. The van der Waals surface area contributed by atoms with E-state index in [-0.39, 0.29) is 0 Å². The van der Waals surface area contributed by atoms with Crippen LogP contribution >= 0.6 is 0 Å². The molecule has 0 bridgehead atoms. The maximum Gasteiger partial charge on any atom is 0.439 e. The summed E-state index contributed by atoms with van der Waals surface area (Å²) in [5.41, 5.74) is 1.53. The average Bonchev–Trinajstić information content (AvgIpc) is 2.65. The highest BCUT2D eigenvalue weighted by molar-refractivity contribution is 5.58. The molecule has 1 aromatic heterocycles. The predicted molar refractivity (Wildman–Crippen MR) is 51.8 cm³/mol. The molecule has 70 valence electrons. The van der Waals surface area contributed by atoms with Crippen LogP contribution in [-0.2, 0) is 0 Å². The van der Waals surface area contributed by atoms with E-state index < -0.39 is 5.76 Å². The van der Waals surface area contributed by atoms with E-state index in [0.717, 1.165) is 11.3 Å². The summed E-state index contributed by atoms with van der Waals surface area (Å²) in [4.78, 5) is 16.9. The average molecular weight is 189 g/mol. The van der Waals surface area contributed by atoms with Crippen LogP contribution in [0.4, 0.5) is 5.69 Å². The van der Waals surface area contributed by atoms with E-state index >= 15 is 0 Å². The van der Waals surface area contributed by atoms with E-state index in [2.05, 4.69) is 26.4 Å². The second-order valence-corrected chi connectivity index (χ2v) is 2.65. The lowest BCUT2D eigenvalue weighted by Gasteiger charge is -1.94. The molecule has 0 spiro atoms. The van der Waals surface area contributed by atoms with Crippen molar-refractivity contribution < 1.29 is 4.52 Å². The summed E-state index contributed by atoms with van der Waals surface area (Å²) in [6.07, 6.45) is 0. The standard InChI is InChI=1S/C9H7N3O2/c1-10-7-4-2-6(3-5-7)8-11-9(13)14-12-8/h2-5H,1H2,(H,11,12,13). The minimum Gasteiger partial charge on any atom is -0.296 e. The van der Waals surface area contributed by atoms with Crippen LogP contribution in [0.25, 0.3) is 11.4 Å². The quantitative estimate of drug-likeness (QED) is 0.725. The summed E-state index contributed by atoms with van der Waals surface area (Å²) >= 11 is 0. The van der Waals surface area contributed by atoms with Gasteiger partial charge in [0.2, 0.25) is 0 Å². The van der Waals surface area contributed by atoms with Gasteiger partial charge in [0.15, 0.2) is 5.82 Å². The molecule has 1 aromatic carbocycles. The summed E-state index contributed by atoms with van der Waals surface area (Å²) in [7, 11) is 0. The number of hydrogen-bond donors (Lipinski definition) is 1. The van der Waals surface area contributed by atoms with Gasteiger partial charge in [0.1, 0.15) is 0 Å². The fraction of sp³-hybridized carbons (Fsp3) is 0. The van der Waals surface area contributed by atoms with Crippen LogP contribution in [0.3, 0.4) is 0 Å².